The molecule has 138 valence electrons. The Labute approximate surface area is 157 Å². The number of carbonyl (C=O) groups is 1. The first-order valence-corrected chi connectivity index (χ1v) is 9.41. The zero-order valence-corrected chi connectivity index (χ0v) is 16.1. The molecule has 0 saturated carbocycles. The van der Waals surface area contributed by atoms with Crippen molar-refractivity contribution in [3.8, 4) is 0 Å². The van der Waals surface area contributed by atoms with Crippen LogP contribution in [0.1, 0.15) is 17.5 Å². The van der Waals surface area contributed by atoms with Gasteiger partial charge in [-0.25, -0.2) is 0 Å². The molecule has 4 nitrogen and oxygen atoms in total. The summed E-state index contributed by atoms with van der Waals surface area (Å²) in [5.74, 6) is 0.258. The molecule has 2 aromatic rings. The molecule has 0 spiro atoms. The van der Waals surface area contributed by atoms with Crippen LogP contribution in [0.2, 0.25) is 0 Å². The fraction of sp³-hybridized carbons (Fsp3) is 0.409. The zero-order chi connectivity index (χ0) is 18.5. The van der Waals surface area contributed by atoms with Gasteiger partial charge < -0.3 is 14.7 Å². The first-order valence-electron chi connectivity index (χ1n) is 9.41. The van der Waals surface area contributed by atoms with Gasteiger partial charge in [-0.15, -0.1) is 0 Å². The Bertz CT molecular complexity index is 736. The van der Waals surface area contributed by atoms with Crippen LogP contribution in [0.3, 0.4) is 0 Å². The molecule has 4 heteroatoms. The lowest BCUT2D eigenvalue weighted by Crippen LogP contribution is -2.49. The second kappa shape index (κ2) is 8.26. The van der Waals surface area contributed by atoms with Gasteiger partial charge in [-0.05, 0) is 43.2 Å². The van der Waals surface area contributed by atoms with E-state index in [1.807, 2.05) is 30.1 Å². The third kappa shape index (κ3) is 4.18. The minimum Gasteiger partial charge on any atom is -0.374 e. The highest BCUT2D eigenvalue weighted by atomic mass is 16.2. The summed E-state index contributed by atoms with van der Waals surface area (Å²) in [6.45, 7) is 8.52. The number of hydrogen-bond acceptors (Lipinski definition) is 3. The highest BCUT2D eigenvalue weighted by Crippen LogP contribution is 2.24. The average Bonchev–Trinajstić information content (AvgIpc) is 2.69. The number of rotatable bonds is 5. The molecule has 0 bridgehead atoms. The first kappa shape index (κ1) is 18.3. The maximum atomic E-state index is 12.6. The van der Waals surface area contributed by atoms with E-state index in [4.69, 9.17) is 0 Å². The van der Waals surface area contributed by atoms with Gasteiger partial charge >= 0.3 is 0 Å². The quantitative estimate of drug-likeness (QED) is 0.825. The van der Waals surface area contributed by atoms with Crippen LogP contribution in [0.5, 0.6) is 0 Å². The molecule has 2 aromatic carbocycles. The van der Waals surface area contributed by atoms with E-state index < -0.39 is 0 Å². The Morgan fingerprint density at radius 3 is 2.35 bits per heavy atom. The van der Waals surface area contributed by atoms with E-state index in [-0.39, 0.29) is 5.91 Å². The molecule has 0 N–H and O–H groups in total. The van der Waals surface area contributed by atoms with Crippen molar-refractivity contribution in [3.63, 3.8) is 0 Å². The van der Waals surface area contributed by atoms with Crippen LogP contribution in [0.25, 0.3) is 0 Å². The van der Waals surface area contributed by atoms with Gasteiger partial charge in [0.05, 0.1) is 0 Å². The number of nitrogens with zero attached hydrogens (tertiary/aromatic N) is 3. The SMILES string of the molecule is Cc1cccc(N2CCN(C(=O)CCN(C)c3ccccc3)CC2)c1C. The number of amides is 1. The molecule has 3 rings (SSSR count). The molecule has 0 unspecified atom stereocenters. The van der Waals surface area contributed by atoms with E-state index in [2.05, 4.69) is 54.0 Å². The highest BCUT2D eigenvalue weighted by Gasteiger charge is 2.22. The smallest absolute Gasteiger partial charge is 0.224 e. The number of anilines is 2. The van der Waals surface area contributed by atoms with Crippen molar-refractivity contribution >= 4 is 17.3 Å². The zero-order valence-electron chi connectivity index (χ0n) is 16.1. The second-order valence-electron chi connectivity index (χ2n) is 7.09. The molecule has 0 aromatic heterocycles. The summed E-state index contributed by atoms with van der Waals surface area (Å²) < 4.78 is 0. The lowest BCUT2D eigenvalue weighted by Gasteiger charge is -2.37. The van der Waals surface area contributed by atoms with Crippen LogP contribution >= 0.6 is 0 Å². The van der Waals surface area contributed by atoms with Crippen LogP contribution in [0, 0.1) is 13.8 Å². The Hall–Kier alpha value is -2.49. The number of aryl methyl sites for hydroxylation is 1. The van der Waals surface area contributed by atoms with Gasteiger partial charge in [0.2, 0.25) is 5.91 Å². The maximum absolute atomic E-state index is 12.6. The van der Waals surface area contributed by atoms with Crippen molar-refractivity contribution in [2.24, 2.45) is 0 Å². The minimum atomic E-state index is 0.258. The molecule has 1 amide bonds. The molecule has 1 aliphatic rings. The summed E-state index contributed by atoms with van der Waals surface area (Å²) in [5.41, 5.74) is 5.13. The third-order valence-corrected chi connectivity index (χ3v) is 5.41. The van der Waals surface area contributed by atoms with Crippen LogP contribution in [0.15, 0.2) is 48.5 Å². The number of piperazine rings is 1. The van der Waals surface area contributed by atoms with E-state index in [9.17, 15) is 4.79 Å². The molecule has 1 heterocycles. The van der Waals surface area contributed by atoms with Crippen LogP contribution < -0.4 is 9.80 Å². The molecule has 0 radical (unpaired) electrons. The normalized spacial score (nSPS) is 14.4. The monoisotopic (exact) mass is 351 g/mol. The van der Waals surface area contributed by atoms with E-state index in [0.717, 1.165) is 38.4 Å². The second-order valence-corrected chi connectivity index (χ2v) is 7.09. The van der Waals surface area contributed by atoms with Crippen molar-refractivity contribution in [1.82, 2.24) is 4.90 Å². The largest absolute Gasteiger partial charge is 0.374 e. The van der Waals surface area contributed by atoms with Crippen molar-refractivity contribution in [3.05, 3.63) is 59.7 Å². The first-order chi connectivity index (χ1) is 12.6. The summed E-state index contributed by atoms with van der Waals surface area (Å²) in [7, 11) is 2.04. The van der Waals surface area contributed by atoms with E-state index in [1.165, 1.54) is 16.8 Å². The number of carbonyl (C=O) groups excluding carboxylic acids is 1. The standard InChI is InChI=1S/C22H29N3O/c1-18-8-7-11-21(19(18)2)24-14-16-25(17-15-24)22(26)12-13-23(3)20-9-5-4-6-10-20/h4-11H,12-17H2,1-3H3. The Balaban J connectivity index is 1.50. The molecule has 1 saturated heterocycles. The fourth-order valence-corrected chi connectivity index (χ4v) is 3.51. The van der Waals surface area contributed by atoms with E-state index in [0.29, 0.717) is 6.42 Å². The lowest BCUT2D eigenvalue weighted by molar-refractivity contribution is -0.131. The van der Waals surface area contributed by atoms with Gasteiger partial charge in [-0.1, -0.05) is 30.3 Å². The van der Waals surface area contributed by atoms with E-state index in [1.54, 1.807) is 0 Å². The molecule has 1 fully saturated rings. The predicted octanol–water partition coefficient (Wildman–Crippen LogP) is 3.48. The van der Waals surface area contributed by atoms with E-state index >= 15 is 0 Å². The molecule has 1 aliphatic heterocycles. The molecular weight excluding hydrogens is 322 g/mol. The third-order valence-electron chi connectivity index (χ3n) is 5.41. The van der Waals surface area contributed by atoms with Crippen molar-refractivity contribution in [2.75, 3.05) is 49.6 Å². The van der Waals surface area contributed by atoms with Crippen molar-refractivity contribution in [1.29, 1.82) is 0 Å². The van der Waals surface area contributed by atoms with Gasteiger partial charge in [-0.3, -0.25) is 4.79 Å². The minimum absolute atomic E-state index is 0.258. The van der Waals surface area contributed by atoms with Crippen LogP contribution in [-0.2, 0) is 4.79 Å². The van der Waals surface area contributed by atoms with Crippen molar-refractivity contribution in [2.45, 2.75) is 20.3 Å². The summed E-state index contributed by atoms with van der Waals surface area (Å²) >= 11 is 0. The molecule has 26 heavy (non-hydrogen) atoms. The Morgan fingerprint density at radius 1 is 0.962 bits per heavy atom. The van der Waals surface area contributed by atoms with Gasteiger partial charge in [0.25, 0.3) is 0 Å². The summed E-state index contributed by atoms with van der Waals surface area (Å²) in [5, 5.41) is 0. The Kier molecular flexibility index (Phi) is 5.82. The number of hydrogen-bond donors (Lipinski definition) is 0. The molecular formula is C22H29N3O. The fourth-order valence-electron chi connectivity index (χ4n) is 3.51. The number of para-hydroxylation sites is 1. The summed E-state index contributed by atoms with van der Waals surface area (Å²) in [4.78, 5) is 19.1. The van der Waals surface area contributed by atoms with Gasteiger partial charge in [0.1, 0.15) is 0 Å². The van der Waals surface area contributed by atoms with Gasteiger partial charge in [-0.2, -0.15) is 0 Å². The summed E-state index contributed by atoms with van der Waals surface area (Å²) in [6, 6.07) is 16.7. The predicted molar refractivity (Wildman–Crippen MR) is 109 cm³/mol. The Morgan fingerprint density at radius 2 is 1.65 bits per heavy atom. The van der Waals surface area contributed by atoms with Gasteiger partial charge in [0, 0.05) is 57.6 Å². The van der Waals surface area contributed by atoms with Crippen molar-refractivity contribution < 1.29 is 4.79 Å². The number of benzene rings is 2. The summed E-state index contributed by atoms with van der Waals surface area (Å²) in [6.07, 6.45) is 0.564. The average molecular weight is 351 g/mol. The maximum Gasteiger partial charge on any atom is 0.224 e. The lowest BCUT2D eigenvalue weighted by atomic mass is 10.1. The molecule has 0 atom stereocenters. The van der Waals surface area contributed by atoms with Crippen LogP contribution in [0.4, 0.5) is 11.4 Å². The van der Waals surface area contributed by atoms with Gasteiger partial charge in [0.15, 0.2) is 0 Å². The van der Waals surface area contributed by atoms with Crippen LogP contribution in [-0.4, -0.2) is 50.6 Å². The molecule has 0 aliphatic carbocycles. The highest BCUT2D eigenvalue weighted by molar-refractivity contribution is 5.77. The topological polar surface area (TPSA) is 26.8 Å².